The normalized spacial score (nSPS) is 11.7. The monoisotopic (exact) mass is 430 g/mol. The molecular weight excluding hydrogens is 400 g/mol. The summed E-state index contributed by atoms with van der Waals surface area (Å²) < 4.78 is 2.11. The van der Waals surface area contributed by atoms with Crippen molar-refractivity contribution in [3.63, 3.8) is 0 Å². The van der Waals surface area contributed by atoms with Crippen LogP contribution in [0.1, 0.15) is 33.3 Å². The molecule has 31 heavy (non-hydrogen) atoms. The van der Waals surface area contributed by atoms with E-state index in [2.05, 4.69) is 99.1 Å². The fourth-order valence-corrected chi connectivity index (χ4v) is 5.53. The van der Waals surface area contributed by atoms with Crippen molar-refractivity contribution < 1.29 is 4.79 Å². The van der Waals surface area contributed by atoms with Crippen molar-refractivity contribution in [3.05, 3.63) is 78.5 Å². The summed E-state index contributed by atoms with van der Waals surface area (Å²) in [6, 6.07) is 23.8. The van der Waals surface area contributed by atoms with Gasteiger partial charge in [-0.15, -0.1) is 11.8 Å². The van der Waals surface area contributed by atoms with E-state index in [1.54, 1.807) is 0 Å². The van der Waals surface area contributed by atoms with E-state index in [0.29, 0.717) is 6.54 Å². The Balaban J connectivity index is 1.62. The van der Waals surface area contributed by atoms with Crippen molar-refractivity contribution in [2.75, 3.05) is 0 Å². The molecule has 4 aromatic rings. The number of carbonyl (C=O) groups excluding carboxylic acids is 1. The Morgan fingerprint density at radius 2 is 1.52 bits per heavy atom. The first-order valence-electron chi connectivity index (χ1n) is 10.9. The standard InChI is InChI=1S/C27H30N2OS/c1-19(2)29(20(3)4)27(30)17-28-16-26(24-14-7-8-15-25(24)28)31-18-22-12-9-11-21-10-5-6-13-23(21)22/h5-16,19-20H,17-18H2,1-4H3. The summed E-state index contributed by atoms with van der Waals surface area (Å²) in [5.74, 6) is 1.06. The molecule has 0 bridgehead atoms. The number of rotatable bonds is 7. The Bertz CT molecular complexity index is 1200. The Labute approximate surface area is 189 Å². The van der Waals surface area contributed by atoms with Gasteiger partial charge >= 0.3 is 0 Å². The average molecular weight is 431 g/mol. The molecule has 4 heteroatoms. The summed E-state index contributed by atoms with van der Waals surface area (Å²) in [7, 11) is 0. The first-order valence-corrected chi connectivity index (χ1v) is 11.9. The Morgan fingerprint density at radius 1 is 0.871 bits per heavy atom. The predicted octanol–water partition coefficient (Wildman–Crippen LogP) is 6.73. The minimum absolute atomic E-state index is 0.163. The van der Waals surface area contributed by atoms with Crippen LogP contribution in [0, 0.1) is 0 Å². The first kappa shape index (κ1) is 21.5. The summed E-state index contributed by atoms with van der Waals surface area (Å²) in [6.45, 7) is 8.69. The summed E-state index contributed by atoms with van der Waals surface area (Å²) >= 11 is 1.84. The molecule has 160 valence electrons. The topological polar surface area (TPSA) is 25.2 Å². The average Bonchev–Trinajstić information content (AvgIpc) is 3.09. The smallest absolute Gasteiger partial charge is 0.242 e. The largest absolute Gasteiger partial charge is 0.337 e. The quantitative estimate of drug-likeness (QED) is 0.304. The van der Waals surface area contributed by atoms with Crippen LogP contribution in [0.4, 0.5) is 0 Å². The highest BCUT2D eigenvalue weighted by atomic mass is 32.2. The number of para-hydroxylation sites is 1. The molecule has 0 unspecified atom stereocenters. The minimum atomic E-state index is 0.163. The molecule has 1 amide bonds. The highest BCUT2D eigenvalue weighted by molar-refractivity contribution is 7.98. The SMILES string of the molecule is CC(C)N(C(=O)Cn1cc(SCc2cccc3ccccc23)c2ccccc21)C(C)C. The van der Waals surface area contributed by atoms with Gasteiger partial charge < -0.3 is 9.47 Å². The first-order chi connectivity index (χ1) is 15.0. The zero-order valence-electron chi connectivity index (χ0n) is 18.7. The molecule has 1 aromatic heterocycles. The molecule has 0 saturated heterocycles. The molecule has 0 saturated carbocycles. The highest BCUT2D eigenvalue weighted by Crippen LogP contribution is 2.34. The van der Waals surface area contributed by atoms with Crippen LogP contribution in [-0.2, 0) is 17.1 Å². The number of fused-ring (bicyclic) bond motifs is 2. The summed E-state index contributed by atoms with van der Waals surface area (Å²) in [5, 5.41) is 3.79. The van der Waals surface area contributed by atoms with E-state index < -0.39 is 0 Å². The number of carbonyl (C=O) groups is 1. The van der Waals surface area contributed by atoms with Crippen LogP contribution in [0.2, 0.25) is 0 Å². The van der Waals surface area contributed by atoms with E-state index in [4.69, 9.17) is 0 Å². The molecule has 0 aliphatic rings. The van der Waals surface area contributed by atoms with Crippen molar-refractivity contribution in [2.45, 2.75) is 57.0 Å². The number of benzene rings is 3. The molecule has 0 N–H and O–H groups in total. The van der Waals surface area contributed by atoms with E-state index in [-0.39, 0.29) is 18.0 Å². The molecule has 0 aliphatic heterocycles. The molecule has 0 fully saturated rings. The maximum absolute atomic E-state index is 13.1. The molecule has 1 heterocycles. The Kier molecular flexibility index (Phi) is 6.38. The van der Waals surface area contributed by atoms with Gasteiger partial charge in [-0.3, -0.25) is 4.79 Å². The van der Waals surface area contributed by atoms with Gasteiger partial charge in [-0.25, -0.2) is 0 Å². The van der Waals surface area contributed by atoms with Gasteiger partial charge in [0.1, 0.15) is 6.54 Å². The van der Waals surface area contributed by atoms with E-state index in [1.165, 1.54) is 26.6 Å². The van der Waals surface area contributed by atoms with Gasteiger partial charge in [0.25, 0.3) is 0 Å². The molecule has 0 aliphatic carbocycles. The third-order valence-corrected chi connectivity index (χ3v) is 6.81. The number of thioether (sulfide) groups is 1. The van der Waals surface area contributed by atoms with Crippen molar-refractivity contribution in [1.29, 1.82) is 0 Å². The van der Waals surface area contributed by atoms with Crippen molar-refractivity contribution in [1.82, 2.24) is 9.47 Å². The van der Waals surface area contributed by atoms with Gasteiger partial charge in [-0.05, 0) is 50.1 Å². The van der Waals surface area contributed by atoms with Crippen LogP contribution in [0.15, 0.2) is 77.8 Å². The second kappa shape index (κ2) is 9.19. The van der Waals surface area contributed by atoms with Gasteiger partial charge in [0.05, 0.1) is 0 Å². The van der Waals surface area contributed by atoms with Crippen molar-refractivity contribution in [2.24, 2.45) is 0 Å². The lowest BCUT2D eigenvalue weighted by Gasteiger charge is -2.31. The number of aromatic nitrogens is 1. The molecule has 0 radical (unpaired) electrons. The lowest BCUT2D eigenvalue weighted by atomic mass is 10.1. The highest BCUT2D eigenvalue weighted by Gasteiger charge is 2.21. The number of nitrogens with zero attached hydrogens (tertiary/aromatic N) is 2. The van der Waals surface area contributed by atoms with Gasteiger partial charge in [-0.2, -0.15) is 0 Å². The number of amides is 1. The van der Waals surface area contributed by atoms with Gasteiger partial charge in [0, 0.05) is 39.8 Å². The van der Waals surface area contributed by atoms with E-state index >= 15 is 0 Å². The van der Waals surface area contributed by atoms with Crippen molar-refractivity contribution in [3.8, 4) is 0 Å². The van der Waals surface area contributed by atoms with Gasteiger partial charge in [0.15, 0.2) is 0 Å². The maximum atomic E-state index is 13.1. The predicted molar refractivity (Wildman–Crippen MR) is 133 cm³/mol. The van der Waals surface area contributed by atoms with Crippen LogP contribution >= 0.6 is 11.8 Å². The third-order valence-electron chi connectivity index (χ3n) is 5.72. The summed E-state index contributed by atoms with van der Waals surface area (Å²) in [5.41, 5.74) is 2.45. The van der Waals surface area contributed by atoms with E-state index in [1.807, 2.05) is 22.7 Å². The van der Waals surface area contributed by atoms with Crippen LogP contribution in [0.5, 0.6) is 0 Å². The Morgan fingerprint density at radius 3 is 2.26 bits per heavy atom. The maximum Gasteiger partial charge on any atom is 0.242 e. The lowest BCUT2D eigenvalue weighted by molar-refractivity contribution is -0.135. The number of hydrogen-bond donors (Lipinski definition) is 0. The second-order valence-electron chi connectivity index (χ2n) is 8.55. The van der Waals surface area contributed by atoms with Crippen molar-refractivity contribution >= 4 is 39.3 Å². The fourth-order valence-electron chi connectivity index (χ4n) is 4.43. The van der Waals surface area contributed by atoms with Crippen LogP contribution in [0.25, 0.3) is 21.7 Å². The van der Waals surface area contributed by atoms with Crippen LogP contribution < -0.4 is 0 Å². The lowest BCUT2D eigenvalue weighted by Crippen LogP contribution is -2.43. The summed E-state index contributed by atoms with van der Waals surface area (Å²) in [6.07, 6.45) is 2.15. The minimum Gasteiger partial charge on any atom is -0.337 e. The molecule has 3 nitrogen and oxygen atoms in total. The van der Waals surface area contributed by atoms with Crippen LogP contribution in [0.3, 0.4) is 0 Å². The van der Waals surface area contributed by atoms with E-state index in [9.17, 15) is 4.79 Å². The molecular formula is C27H30N2OS. The van der Waals surface area contributed by atoms with Crippen LogP contribution in [-0.4, -0.2) is 27.5 Å². The Hall–Kier alpha value is -2.72. The summed E-state index contributed by atoms with van der Waals surface area (Å²) in [4.78, 5) is 16.3. The zero-order valence-corrected chi connectivity index (χ0v) is 19.5. The van der Waals surface area contributed by atoms with Gasteiger partial charge in [-0.1, -0.05) is 60.7 Å². The molecule has 0 atom stereocenters. The molecule has 3 aromatic carbocycles. The zero-order chi connectivity index (χ0) is 22.0. The van der Waals surface area contributed by atoms with Gasteiger partial charge in [0.2, 0.25) is 5.91 Å². The third kappa shape index (κ3) is 4.49. The van der Waals surface area contributed by atoms with E-state index in [0.717, 1.165) is 11.3 Å². The second-order valence-corrected chi connectivity index (χ2v) is 9.57. The molecule has 4 rings (SSSR count). The number of hydrogen-bond acceptors (Lipinski definition) is 2. The molecule has 0 spiro atoms. The fraction of sp³-hybridized carbons (Fsp3) is 0.296.